The highest BCUT2D eigenvalue weighted by atomic mass is 127. The van der Waals surface area contributed by atoms with Gasteiger partial charge in [-0.25, -0.2) is 4.79 Å². The topological polar surface area (TPSA) is 26.3 Å². The van der Waals surface area contributed by atoms with Crippen molar-refractivity contribution in [1.82, 2.24) is 0 Å². The summed E-state index contributed by atoms with van der Waals surface area (Å²) in [6, 6.07) is 5.67. The molecule has 0 heterocycles. The monoisotopic (exact) mass is 519 g/mol. The second-order valence-corrected chi connectivity index (χ2v) is 6.52. The first kappa shape index (κ1) is 20.3. The van der Waals surface area contributed by atoms with Crippen LogP contribution in [0.3, 0.4) is 0 Å². The summed E-state index contributed by atoms with van der Waals surface area (Å²) in [4.78, 5) is 11.9. The molecule has 114 valence electrons. The Labute approximate surface area is 154 Å². The van der Waals surface area contributed by atoms with E-state index in [1.807, 2.05) is 18.2 Å². The summed E-state index contributed by atoms with van der Waals surface area (Å²) in [7, 11) is 6.21. The van der Waals surface area contributed by atoms with Gasteiger partial charge >= 0.3 is 5.97 Å². The number of hydrogen-bond acceptors (Lipinski definition) is 2. The molecule has 1 aromatic carbocycles. The fourth-order valence-corrected chi connectivity index (χ4v) is 2.57. The molecule has 0 aromatic heterocycles. The molecule has 0 amide bonds. The number of halogens is 3. The molecule has 6 heteroatoms. The summed E-state index contributed by atoms with van der Waals surface area (Å²) in [5, 5.41) is 1.51. The number of alkyl halides is 2. The minimum Gasteiger partial charge on any atom is -1.00 e. The Kier molecular flexibility index (Phi) is 9.54. The lowest BCUT2D eigenvalue weighted by Gasteiger charge is -2.23. The van der Waals surface area contributed by atoms with E-state index >= 15 is 0 Å². The zero-order valence-electron chi connectivity index (χ0n) is 12.0. The summed E-state index contributed by atoms with van der Waals surface area (Å²) in [6.45, 7) is 1.24. The molecule has 0 bridgehead atoms. The highest BCUT2D eigenvalue weighted by Gasteiger charge is 2.12. The lowest BCUT2D eigenvalue weighted by Crippen LogP contribution is -3.00. The van der Waals surface area contributed by atoms with Crippen LogP contribution in [0.1, 0.15) is 21.5 Å². The van der Waals surface area contributed by atoms with E-state index in [2.05, 4.69) is 53.0 Å². The van der Waals surface area contributed by atoms with Gasteiger partial charge in [-0.05, 0) is 23.3 Å². The van der Waals surface area contributed by atoms with Gasteiger partial charge in [0.1, 0.15) is 13.2 Å². The van der Waals surface area contributed by atoms with Gasteiger partial charge in [0.05, 0.1) is 26.7 Å². The first-order chi connectivity index (χ1) is 8.87. The standard InChI is InChI=1S/C14H20Br2NO2.HI/c1-17(2,3)6-7-19-14(18)11-4-5-12(9-15)13(8-11)10-16;/h4-5,8H,6-7,9-10H2,1-3H3;1H/q+1;/p-1. The van der Waals surface area contributed by atoms with Crippen LogP contribution in [0.5, 0.6) is 0 Å². The van der Waals surface area contributed by atoms with Gasteiger partial charge in [-0.15, -0.1) is 0 Å². The molecule has 20 heavy (non-hydrogen) atoms. The van der Waals surface area contributed by atoms with Crippen molar-refractivity contribution in [1.29, 1.82) is 0 Å². The average Bonchev–Trinajstić information content (AvgIpc) is 2.36. The zero-order chi connectivity index (χ0) is 14.5. The highest BCUT2D eigenvalue weighted by molar-refractivity contribution is 9.09. The molecule has 0 aliphatic carbocycles. The normalized spacial score (nSPS) is 10.8. The minimum atomic E-state index is -0.253. The molecule has 1 aromatic rings. The van der Waals surface area contributed by atoms with Crippen molar-refractivity contribution in [3.63, 3.8) is 0 Å². The Balaban J connectivity index is 0.00000361. The van der Waals surface area contributed by atoms with Crippen LogP contribution in [-0.4, -0.2) is 44.7 Å². The lowest BCUT2D eigenvalue weighted by atomic mass is 10.1. The quantitative estimate of drug-likeness (QED) is 0.234. The van der Waals surface area contributed by atoms with E-state index in [0.29, 0.717) is 12.2 Å². The molecular formula is C14H20Br2INO2. The molecule has 0 unspecified atom stereocenters. The van der Waals surface area contributed by atoms with Gasteiger partial charge in [-0.3, -0.25) is 0 Å². The maximum atomic E-state index is 11.9. The number of quaternary nitrogens is 1. The molecule has 0 aliphatic rings. The SMILES string of the molecule is C[N+](C)(C)CCOC(=O)c1ccc(CBr)c(CBr)c1.[I-]. The van der Waals surface area contributed by atoms with Gasteiger partial charge in [0.15, 0.2) is 0 Å². The van der Waals surface area contributed by atoms with Crippen LogP contribution < -0.4 is 24.0 Å². The number of esters is 1. The molecule has 0 saturated carbocycles. The van der Waals surface area contributed by atoms with E-state index in [1.165, 1.54) is 5.56 Å². The third-order valence-corrected chi connectivity index (χ3v) is 3.93. The van der Waals surface area contributed by atoms with Crippen molar-refractivity contribution < 1.29 is 38.0 Å². The van der Waals surface area contributed by atoms with Gasteiger partial charge < -0.3 is 33.2 Å². The number of nitrogens with zero attached hydrogens (tertiary/aromatic N) is 1. The Morgan fingerprint density at radius 2 is 1.75 bits per heavy atom. The van der Waals surface area contributed by atoms with Gasteiger partial charge in [0.25, 0.3) is 0 Å². The van der Waals surface area contributed by atoms with Crippen LogP contribution >= 0.6 is 31.9 Å². The van der Waals surface area contributed by atoms with Gasteiger partial charge in [-0.1, -0.05) is 37.9 Å². The lowest BCUT2D eigenvalue weighted by molar-refractivity contribution is -0.870. The zero-order valence-corrected chi connectivity index (χ0v) is 17.3. The molecule has 0 fully saturated rings. The second-order valence-electron chi connectivity index (χ2n) is 5.40. The Morgan fingerprint density at radius 1 is 1.15 bits per heavy atom. The highest BCUT2D eigenvalue weighted by Crippen LogP contribution is 2.18. The van der Waals surface area contributed by atoms with Crippen LogP contribution in [0, 0.1) is 0 Å². The third-order valence-electron chi connectivity index (χ3n) is 2.73. The Bertz CT molecular complexity index is 447. The fourth-order valence-electron chi connectivity index (χ4n) is 1.50. The number of carbonyl (C=O) groups is 1. The average molecular weight is 521 g/mol. The molecule has 0 spiro atoms. The van der Waals surface area contributed by atoms with Crippen LogP contribution in [0.2, 0.25) is 0 Å². The molecule has 0 saturated heterocycles. The van der Waals surface area contributed by atoms with Gasteiger partial charge in [-0.2, -0.15) is 0 Å². The Hall–Kier alpha value is 0.340. The summed E-state index contributed by atoms with van der Waals surface area (Å²) in [6.07, 6.45) is 0. The predicted molar refractivity (Wildman–Crippen MR) is 84.9 cm³/mol. The van der Waals surface area contributed by atoms with Crippen molar-refractivity contribution in [3.05, 3.63) is 34.9 Å². The third kappa shape index (κ3) is 6.87. The van der Waals surface area contributed by atoms with Crippen LogP contribution in [-0.2, 0) is 15.4 Å². The summed E-state index contributed by atoms with van der Waals surface area (Å²) in [5.74, 6) is -0.253. The molecule has 0 N–H and O–H groups in total. The second kappa shape index (κ2) is 9.38. The number of rotatable bonds is 6. The van der Waals surface area contributed by atoms with Crippen LogP contribution in [0.25, 0.3) is 0 Å². The first-order valence-corrected chi connectivity index (χ1v) is 8.33. The number of ether oxygens (including phenoxy) is 1. The maximum Gasteiger partial charge on any atom is 0.338 e. The summed E-state index contributed by atoms with van der Waals surface area (Å²) < 4.78 is 6.08. The van der Waals surface area contributed by atoms with Crippen molar-refractivity contribution in [3.8, 4) is 0 Å². The summed E-state index contributed by atoms with van der Waals surface area (Å²) >= 11 is 6.87. The van der Waals surface area contributed by atoms with E-state index in [0.717, 1.165) is 27.3 Å². The molecule has 0 radical (unpaired) electrons. The van der Waals surface area contributed by atoms with Crippen molar-refractivity contribution in [2.75, 3.05) is 34.3 Å². The number of hydrogen-bond donors (Lipinski definition) is 0. The van der Waals surface area contributed by atoms with E-state index in [1.54, 1.807) is 0 Å². The molecule has 0 aliphatic heterocycles. The molecule has 3 nitrogen and oxygen atoms in total. The number of benzene rings is 1. The smallest absolute Gasteiger partial charge is 0.338 e. The van der Waals surface area contributed by atoms with Crippen LogP contribution in [0.15, 0.2) is 18.2 Å². The van der Waals surface area contributed by atoms with Crippen molar-refractivity contribution >= 4 is 37.8 Å². The van der Waals surface area contributed by atoms with Crippen molar-refractivity contribution in [2.24, 2.45) is 0 Å². The number of carbonyl (C=O) groups excluding carboxylic acids is 1. The largest absolute Gasteiger partial charge is 1.00 e. The predicted octanol–water partition coefficient (Wildman–Crippen LogP) is 0.343. The minimum absolute atomic E-state index is 0. The number of likely N-dealkylation sites (N-methyl/N-ethyl adjacent to an activating group) is 1. The van der Waals surface area contributed by atoms with E-state index in [9.17, 15) is 4.79 Å². The molecule has 1 rings (SSSR count). The first-order valence-electron chi connectivity index (χ1n) is 6.08. The van der Waals surface area contributed by atoms with Gasteiger partial charge in [0.2, 0.25) is 0 Å². The van der Waals surface area contributed by atoms with Crippen molar-refractivity contribution in [2.45, 2.75) is 10.7 Å². The van der Waals surface area contributed by atoms with E-state index in [4.69, 9.17) is 4.74 Å². The molecular weight excluding hydrogens is 501 g/mol. The van der Waals surface area contributed by atoms with E-state index < -0.39 is 0 Å². The van der Waals surface area contributed by atoms with E-state index in [-0.39, 0.29) is 29.9 Å². The van der Waals surface area contributed by atoms with Gasteiger partial charge in [0, 0.05) is 10.7 Å². The fraction of sp³-hybridized carbons (Fsp3) is 0.500. The summed E-state index contributed by atoms with van der Waals surface area (Å²) in [5.41, 5.74) is 2.90. The molecule has 0 atom stereocenters. The maximum absolute atomic E-state index is 11.9. The van der Waals surface area contributed by atoms with Crippen LogP contribution in [0.4, 0.5) is 0 Å². The Morgan fingerprint density at radius 3 is 2.25 bits per heavy atom.